The fourth-order valence-electron chi connectivity index (χ4n) is 4.06. The van der Waals surface area contributed by atoms with Gasteiger partial charge in [0.25, 0.3) is 0 Å². The van der Waals surface area contributed by atoms with Gasteiger partial charge in [-0.15, -0.1) is 10.2 Å². The molecule has 0 fully saturated rings. The Labute approximate surface area is 167 Å². The van der Waals surface area contributed by atoms with Crippen molar-refractivity contribution in [3.05, 3.63) is 59.3 Å². The summed E-state index contributed by atoms with van der Waals surface area (Å²) in [5, 5.41) is 22.2. The number of aromatic nitrogens is 4. The number of nitrogens with one attached hydrogen (secondary N) is 2. The Morgan fingerprint density at radius 2 is 2.14 bits per heavy atom. The van der Waals surface area contributed by atoms with E-state index in [9.17, 15) is 0 Å². The highest BCUT2D eigenvalue weighted by molar-refractivity contribution is 7.18. The van der Waals surface area contributed by atoms with Crippen LogP contribution in [0.5, 0.6) is 0 Å². The van der Waals surface area contributed by atoms with Crippen LogP contribution in [0, 0.1) is 6.92 Å². The van der Waals surface area contributed by atoms with Crippen LogP contribution in [0.2, 0.25) is 0 Å². The zero-order chi connectivity index (χ0) is 19.1. The molecule has 4 aromatic rings. The minimum Gasteiger partial charge on any atom is -0.358 e. The van der Waals surface area contributed by atoms with Crippen molar-refractivity contribution in [3.8, 4) is 10.6 Å². The van der Waals surface area contributed by atoms with E-state index in [1.807, 2.05) is 19.1 Å². The lowest BCUT2D eigenvalue weighted by molar-refractivity contribution is 0.546. The van der Waals surface area contributed by atoms with Crippen LogP contribution in [-0.4, -0.2) is 33.0 Å². The zero-order valence-electron chi connectivity index (χ0n) is 15.6. The molecular weight excluding hydrogens is 368 g/mol. The lowest BCUT2D eigenvalue weighted by Crippen LogP contribution is -2.34. The van der Waals surface area contributed by atoms with E-state index in [2.05, 4.69) is 56.0 Å². The van der Waals surface area contributed by atoms with Gasteiger partial charge in [0.1, 0.15) is 5.01 Å². The summed E-state index contributed by atoms with van der Waals surface area (Å²) in [7, 11) is 0. The standard InChI is InChI=1S/C21H22N6S/c1-12-17-10-14(7-9-19(17)25-24-12)20-26-27-21(28-20)23-11-18(22)16-8-6-13-4-2-3-5-15(13)16/h2-5,7,9-10,16,18H,6,8,11,22H2,1H3,(H,23,27)(H,24,25). The van der Waals surface area contributed by atoms with Crippen molar-refractivity contribution in [2.24, 2.45) is 5.73 Å². The van der Waals surface area contributed by atoms with Gasteiger partial charge in [-0.25, -0.2) is 0 Å². The minimum atomic E-state index is 0.0564. The molecule has 2 unspecified atom stereocenters. The van der Waals surface area contributed by atoms with E-state index >= 15 is 0 Å². The molecule has 1 aliphatic rings. The molecule has 0 spiro atoms. The summed E-state index contributed by atoms with van der Waals surface area (Å²) in [6.07, 6.45) is 2.24. The van der Waals surface area contributed by atoms with Crippen LogP contribution >= 0.6 is 11.3 Å². The topological polar surface area (TPSA) is 92.5 Å². The maximum atomic E-state index is 6.51. The molecule has 2 heterocycles. The first kappa shape index (κ1) is 17.3. The number of fused-ring (bicyclic) bond motifs is 2. The molecule has 4 N–H and O–H groups in total. The number of rotatable bonds is 5. The van der Waals surface area contributed by atoms with E-state index < -0.39 is 0 Å². The molecule has 7 heteroatoms. The number of nitrogens with zero attached hydrogens (tertiary/aromatic N) is 3. The molecule has 0 amide bonds. The largest absolute Gasteiger partial charge is 0.358 e. The summed E-state index contributed by atoms with van der Waals surface area (Å²) >= 11 is 1.55. The molecule has 0 bridgehead atoms. The van der Waals surface area contributed by atoms with Gasteiger partial charge in [0.15, 0.2) is 0 Å². The number of anilines is 1. The van der Waals surface area contributed by atoms with Crippen LogP contribution in [0.4, 0.5) is 5.13 Å². The van der Waals surface area contributed by atoms with Gasteiger partial charge < -0.3 is 11.1 Å². The van der Waals surface area contributed by atoms with Crippen molar-refractivity contribution in [2.45, 2.75) is 31.7 Å². The third kappa shape index (κ3) is 3.06. The van der Waals surface area contributed by atoms with Crippen LogP contribution in [0.1, 0.15) is 29.2 Å². The SMILES string of the molecule is Cc1[nH]nc2ccc(-c3nnc(NCC(N)C4CCc5ccccc54)s3)cc12. The van der Waals surface area contributed by atoms with Gasteiger partial charge in [-0.05, 0) is 49.1 Å². The van der Waals surface area contributed by atoms with Gasteiger partial charge in [0, 0.05) is 35.1 Å². The molecule has 2 atom stereocenters. The Morgan fingerprint density at radius 1 is 1.25 bits per heavy atom. The minimum absolute atomic E-state index is 0.0564. The molecule has 2 aromatic carbocycles. The van der Waals surface area contributed by atoms with Gasteiger partial charge in [-0.3, -0.25) is 5.10 Å². The first-order chi connectivity index (χ1) is 13.7. The van der Waals surface area contributed by atoms with Gasteiger partial charge in [-0.2, -0.15) is 5.10 Å². The van der Waals surface area contributed by atoms with Crippen LogP contribution in [0.3, 0.4) is 0 Å². The summed E-state index contributed by atoms with van der Waals surface area (Å²) in [6.45, 7) is 2.71. The van der Waals surface area contributed by atoms with E-state index in [0.717, 1.165) is 45.1 Å². The Hall–Kier alpha value is -2.77. The maximum Gasteiger partial charge on any atom is 0.206 e. The Kier molecular flexibility index (Phi) is 4.33. The highest BCUT2D eigenvalue weighted by atomic mass is 32.1. The molecule has 0 aliphatic heterocycles. The Morgan fingerprint density at radius 3 is 3.07 bits per heavy atom. The molecular formula is C21H22N6S. The summed E-state index contributed by atoms with van der Waals surface area (Å²) in [4.78, 5) is 0. The second-order valence-electron chi connectivity index (χ2n) is 7.38. The van der Waals surface area contributed by atoms with Crippen LogP contribution in [0.15, 0.2) is 42.5 Å². The molecule has 0 radical (unpaired) electrons. The normalized spacial score (nSPS) is 17.0. The molecule has 28 heavy (non-hydrogen) atoms. The molecule has 5 rings (SSSR count). The van der Waals surface area contributed by atoms with Gasteiger partial charge in [-0.1, -0.05) is 35.6 Å². The fraction of sp³-hybridized carbons (Fsp3) is 0.286. The van der Waals surface area contributed by atoms with Crippen LogP contribution in [-0.2, 0) is 6.42 Å². The monoisotopic (exact) mass is 390 g/mol. The summed E-state index contributed by atoms with van der Waals surface area (Å²) in [5.41, 5.74) is 12.4. The summed E-state index contributed by atoms with van der Waals surface area (Å²) in [6, 6.07) is 14.8. The van der Waals surface area contributed by atoms with Crippen molar-refractivity contribution in [3.63, 3.8) is 0 Å². The number of aryl methyl sites for hydroxylation is 2. The number of benzene rings is 2. The first-order valence-electron chi connectivity index (χ1n) is 9.55. The highest BCUT2D eigenvalue weighted by Crippen LogP contribution is 2.35. The van der Waals surface area contributed by atoms with Crippen molar-refractivity contribution in [1.82, 2.24) is 20.4 Å². The molecule has 0 saturated heterocycles. The van der Waals surface area contributed by atoms with E-state index in [-0.39, 0.29) is 6.04 Å². The Balaban J connectivity index is 1.28. The van der Waals surface area contributed by atoms with Crippen LogP contribution < -0.4 is 11.1 Å². The molecule has 0 saturated carbocycles. The van der Waals surface area contributed by atoms with Crippen molar-refractivity contribution >= 4 is 27.4 Å². The Bertz CT molecular complexity index is 1130. The second kappa shape index (κ2) is 7.00. The number of nitrogens with two attached hydrogens (primary N) is 1. The average Bonchev–Trinajstić information content (AvgIpc) is 3.44. The number of aromatic amines is 1. The molecule has 142 valence electrons. The van der Waals surface area contributed by atoms with E-state index in [4.69, 9.17) is 5.73 Å². The fourth-order valence-corrected chi connectivity index (χ4v) is 4.81. The smallest absolute Gasteiger partial charge is 0.206 e. The molecule has 6 nitrogen and oxygen atoms in total. The van der Waals surface area contributed by atoms with E-state index in [0.29, 0.717) is 12.5 Å². The van der Waals surface area contributed by atoms with Crippen molar-refractivity contribution in [1.29, 1.82) is 0 Å². The second-order valence-corrected chi connectivity index (χ2v) is 8.36. The summed E-state index contributed by atoms with van der Waals surface area (Å²) < 4.78 is 0. The number of hydrogen-bond donors (Lipinski definition) is 3. The van der Waals surface area contributed by atoms with Crippen molar-refractivity contribution < 1.29 is 0 Å². The molecule has 1 aliphatic carbocycles. The van der Waals surface area contributed by atoms with Crippen LogP contribution in [0.25, 0.3) is 21.5 Å². The number of H-pyrrole nitrogens is 1. The van der Waals surface area contributed by atoms with Gasteiger partial charge in [0.2, 0.25) is 5.13 Å². The van der Waals surface area contributed by atoms with E-state index in [1.54, 1.807) is 11.3 Å². The maximum absolute atomic E-state index is 6.51. The summed E-state index contributed by atoms with van der Waals surface area (Å²) in [5.74, 6) is 0.405. The predicted octanol–water partition coefficient (Wildman–Crippen LogP) is 3.86. The average molecular weight is 391 g/mol. The third-order valence-electron chi connectivity index (χ3n) is 5.60. The quantitative estimate of drug-likeness (QED) is 0.481. The lowest BCUT2D eigenvalue weighted by Gasteiger charge is -2.20. The third-order valence-corrected chi connectivity index (χ3v) is 6.53. The first-order valence-corrected chi connectivity index (χ1v) is 10.4. The predicted molar refractivity (Wildman–Crippen MR) is 114 cm³/mol. The van der Waals surface area contributed by atoms with Gasteiger partial charge >= 0.3 is 0 Å². The number of hydrogen-bond acceptors (Lipinski definition) is 6. The van der Waals surface area contributed by atoms with Gasteiger partial charge in [0.05, 0.1) is 5.52 Å². The van der Waals surface area contributed by atoms with Crippen molar-refractivity contribution in [2.75, 3.05) is 11.9 Å². The lowest BCUT2D eigenvalue weighted by atomic mass is 9.94. The highest BCUT2D eigenvalue weighted by Gasteiger charge is 2.27. The molecule has 2 aromatic heterocycles. The zero-order valence-corrected chi connectivity index (χ0v) is 16.5. The van der Waals surface area contributed by atoms with E-state index in [1.165, 1.54) is 11.1 Å².